The zero-order chi connectivity index (χ0) is 34.7. The minimum absolute atomic E-state index is 0.0578. The highest BCUT2D eigenvalue weighted by Gasteiger charge is 2.53. The van der Waals surface area contributed by atoms with E-state index in [1.165, 1.54) is 11.6 Å². The van der Waals surface area contributed by atoms with E-state index in [1.807, 2.05) is 89.3 Å². The maximum atomic E-state index is 13.0. The van der Waals surface area contributed by atoms with Crippen LogP contribution >= 0.6 is 0 Å². The molecule has 250 valence electrons. The average Bonchev–Trinajstić information content (AvgIpc) is 3.19. The van der Waals surface area contributed by atoms with Gasteiger partial charge in [-0.3, -0.25) is 4.79 Å². The van der Waals surface area contributed by atoms with Crippen molar-refractivity contribution in [1.29, 1.82) is 0 Å². The van der Waals surface area contributed by atoms with Crippen LogP contribution in [0.4, 0.5) is 0 Å². The van der Waals surface area contributed by atoms with Gasteiger partial charge in [0.05, 0.1) is 18.8 Å². The first-order valence-electron chi connectivity index (χ1n) is 16.2. The Kier molecular flexibility index (Phi) is 14.3. The van der Waals surface area contributed by atoms with Crippen molar-refractivity contribution < 1.29 is 24.9 Å². The molecule has 5 heteroatoms. The highest BCUT2D eigenvalue weighted by molar-refractivity contribution is 5.96. The van der Waals surface area contributed by atoms with Gasteiger partial charge in [0.1, 0.15) is 5.76 Å². The lowest BCUT2D eigenvalue weighted by molar-refractivity contribution is -0.127. The van der Waals surface area contributed by atoms with Crippen LogP contribution in [-0.4, -0.2) is 47.0 Å². The fraction of sp³-hybridized carbons (Fsp3) is 0.488. The molecule has 2 rings (SSSR count). The third kappa shape index (κ3) is 10.8. The molecule has 0 aliphatic heterocycles. The molecule has 2 aliphatic rings. The third-order valence-corrected chi connectivity index (χ3v) is 9.52. The van der Waals surface area contributed by atoms with E-state index < -0.39 is 11.5 Å². The van der Waals surface area contributed by atoms with Crippen molar-refractivity contribution in [3.63, 3.8) is 0 Å². The van der Waals surface area contributed by atoms with Gasteiger partial charge in [0.15, 0.2) is 5.78 Å². The molecular weight excluding hydrogens is 572 g/mol. The summed E-state index contributed by atoms with van der Waals surface area (Å²) in [6.45, 7) is 18.0. The van der Waals surface area contributed by atoms with Gasteiger partial charge in [-0.2, -0.15) is 0 Å². The molecule has 3 N–H and O–H groups in total. The molecule has 2 aliphatic carbocycles. The first-order valence-corrected chi connectivity index (χ1v) is 16.2. The molecule has 0 radical (unpaired) electrons. The largest absolute Gasteiger partial charge is 0.508 e. The molecule has 3 atom stereocenters. The number of carbonyl (C=O) groups excluding carboxylic acids is 1. The summed E-state index contributed by atoms with van der Waals surface area (Å²) in [6, 6.07) is 0. The van der Waals surface area contributed by atoms with E-state index in [0.29, 0.717) is 24.0 Å². The van der Waals surface area contributed by atoms with E-state index in [9.17, 15) is 20.1 Å². The van der Waals surface area contributed by atoms with Crippen molar-refractivity contribution in [2.75, 3.05) is 13.7 Å². The van der Waals surface area contributed by atoms with E-state index >= 15 is 0 Å². The average molecular weight is 629 g/mol. The molecule has 1 fully saturated rings. The summed E-state index contributed by atoms with van der Waals surface area (Å²) in [7, 11) is 1.76. The van der Waals surface area contributed by atoms with Crippen LogP contribution in [-0.2, 0) is 9.53 Å². The number of ketones is 1. The Morgan fingerprint density at radius 2 is 1.50 bits per heavy atom. The first-order chi connectivity index (χ1) is 21.5. The smallest absolute Gasteiger partial charge is 0.165 e. The summed E-state index contributed by atoms with van der Waals surface area (Å²) >= 11 is 0. The number of aliphatic hydroxyl groups is 3. The number of methoxy groups -OCH3 is 1. The molecule has 0 heterocycles. The van der Waals surface area contributed by atoms with Crippen LogP contribution in [0.1, 0.15) is 88.0 Å². The van der Waals surface area contributed by atoms with Crippen molar-refractivity contribution in [3.8, 4) is 11.8 Å². The predicted octanol–water partition coefficient (Wildman–Crippen LogP) is 8.77. The topological polar surface area (TPSA) is 87.0 Å². The normalized spacial score (nSPS) is 26.4. The molecule has 0 spiro atoms. The lowest BCUT2D eigenvalue weighted by atomic mass is 9.66. The fourth-order valence-corrected chi connectivity index (χ4v) is 6.22. The van der Waals surface area contributed by atoms with Crippen LogP contribution in [0.25, 0.3) is 0 Å². The van der Waals surface area contributed by atoms with Crippen LogP contribution in [0.15, 0.2) is 106 Å². The van der Waals surface area contributed by atoms with Crippen molar-refractivity contribution in [2.45, 2.75) is 100 Å². The summed E-state index contributed by atoms with van der Waals surface area (Å²) in [6.07, 6.45) is 23.0. The van der Waals surface area contributed by atoms with Crippen molar-refractivity contribution in [2.24, 2.45) is 16.2 Å². The maximum Gasteiger partial charge on any atom is 0.165 e. The second-order valence-corrected chi connectivity index (χ2v) is 14.4. The lowest BCUT2D eigenvalue weighted by Crippen LogP contribution is -2.36. The fourth-order valence-electron chi connectivity index (χ4n) is 6.22. The second-order valence-electron chi connectivity index (χ2n) is 14.4. The Morgan fingerprint density at radius 1 is 0.913 bits per heavy atom. The van der Waals surface area contributed by atoms with Crippen LogP contribution < -0.4 is 0 Å². The standard InChI is InChI=1S/C41H56O5/c1-29(17-13-19-31(3)37(44)24-38(45)41(9)26-34(43)25-40(41,7)8)15-11-12-16-30(2)18-14-20-33(28-42)21-22-36-32(4)23-35(46-10)27-39(36,5)6/h11-20,24,34-35,42-44H,23,25-28H2,1-10H3. The zero-order valence-electron chi connectivity index (χ0n) is 29.7. The van der Waals surface area contributed by atoms with E-state index in [0.717, 1.165) is 29.6 Å². The monoisotopic (exact) mass is 628 g/mol. The molecule has 0 aromatic rings. The van der Waals surface area contributed by atoms with Crippen LogP contribution in [0, 0.1) is 28.1 Å². The molecular formula is C41H56O5. The SMILES string of the molecule is COC1CC(C)=C(C#CC(=CC=CC(C)=CC=CC=C(C)C=CC=C(C)C(O)=CC(=O)C2(C)CC(O)CC2(C)C)CO)C(C)(C)C1. The lowest BCUT2D eigenvalue weighted by Gasteiger charge is -2.36. The van der Waals surface area contributed by atoms with Gasteiger partial charge in [-0.25, -0.2) is 0 Å². The predicted molar refractivity (Wildman–Crippen MR) is 191 cm³/mol. The Morgan fingerprint density at radius 3 is 2.00 bits per heavy atom. The molecule has 5 nitrogen and oxygen atoms in total. The van der Waals surface area contributed by atoms with E-state index in [2.05, 4.69) is 32.6 Å². The minimum atomic E-state index is -0.711. The van der Waals surface area contributed by atoms with Gasteiger partial charge in [-0.05, 0) is 70.4 Å². The third-order valence-electron chi connectivity index (χ3n) is 9.52. The van der Waals surface area contributed by atoms with Gasteiger partial charge in [-0.15, -0.1) is 0 Å². The van der Waals surface area contributed by atoms with Crippen molar-refractivity contribution in [1.82, 2.24) is 0 Å². The summed E-state index contributed by atoms with van der Waals surface area (Å²) in [5, 5.41) is 30.5. The molecule has 0 saturated heterocycles. The van der Waals surface area contributed by atoms with Gasteiger partial charge < -0.3 is 20.1 Å². The van der Waals surface area contributed by atoms with Crippen LogP contribution in [0.3, 0.4) is 0 Å². The Bertz CT molecular complexity index is 1450. The molecule has 1 saturated carbocycles. The van der Waals surface area contributed by atoms with Crippen LogP contribution in [0.5, 0.6) is 0 Å². The van der Waals surface area contributed by atoms with E-state index in [1.54, 1.807) is 20.1 Å². The molecule has 0 amide bonds. The molecule has 0 bridgehead atoms. The Hall–Kier alpha value is -3.43. The second kappa shape index (κ2) is 16.9. The van der Waals surface area contributed by atoms with Crippen molar-refractivity contribution in [3.05, 3.63) is 106 Å². The highest BCUT2D eigenvalue weighted by Crippen LogP contribution is 2.53. The molecule has 0 aromatic heterocycles. The first kappa shape index (κ1) is 38.8. The number of allylic oxidation sites excluding steroid dienone is 15. The number of ether oxygens (including phenoxy) is 1. The number of hydrogen-bond donors (Lipinski definition) is 3. The highest BCUT2D eigenvalue weighted by atomic mass is 16.5. The molecule has 46 heavy (non-hydrogen) atoms. The Balaban J connectivity index is 1.98. The van der Waals surface area contributed by atoms with Gasteiger partial charge in [0.25, 0.3) is 0 Å². The summed E-state index contributed by atoms with van der Waals surface area (Å²) in [5.74, 6) is 6.29. The number of carbonyl (C=O) groups is 1. The van der Waals surface area contributed by atoms with Crippen molar-refractivity contribution >= 4 is 5.78 Å². The summed E-state index contributed by atoms with van der Waals surface area (Å²) < 4.78 is 5.59. The van der Waals surface area contributed by atoms with E-state index in [-0.39, 0.29) is 35.1 Å². The van der Waals surface area contributed by atoms with Gasteiger partial charge >= 0.3 is 0 Å². The Labute approximate surface area is 278 Å². The van der Waals surface area contributed by atoms with Crippen LogP contribution in [0.2, 0.25) is 0 Å². The number of hydrogen-bond acceptors (Lipinski definition) is 5. The summed E-state index contributed by atoms with van der Waals surface area (Å²) in [4.78, 5) is 13.0. The maximum absolute atomic E-state index is 13.0. The molecule has 0 aromatic carbocycles. The van der Waals surface area contributed by atoms with Gasteiger partial charge in [0, 0.05) is 35.2 Å². The number of aliphatic hydroxyl groups excluding tert-OH is 3. The van der Waals surface area contributed by atoms with E-state index in [4.69, 9.17) is 4.74 Å². The summed E-state index contributed by atoms with van der Waals surface area (Å²) in [5.41, 5.74) is 4.61. The molecule has 3 unspecified atom stereocenters. The quantitative estimate of drug-likeness (QED) is 0.0922. The van der Waals surface area contributed by atoms with Gasteiger partial charge in [0.2, 0.25) is 0 Å². The van der Waals surface area contributed by atoms with Gasteiger partial charge in [-0.1, -0.05) is 118 Å². The zero-order valence-corrected chi connectivity index (χ0v) is 29.7. The number of rotatable bonds is 11. The minimum Gasteiger partial charge on any atom is -0.508 e.